The predicted molar refractivity (Wildman–Crippen MR) is 98.6 cm³/mol. The predicted octanol–water partition coefficient (Wildman–Crippen LogP) is 3.33. The Morgan fingerprint density at radius 3 is 2.73 bits per heavy atom. The molecular weight excluding hydrogens is 358 g/mol. The molecule has 1 amide bonds. The second-order valence-corrected chi connectivity index (χ2v) is 6.37. The number of nitro benzene ring substituents is 1. The fourth-order valence-electron chi connectivity index (χ4n) is 2.76. The topological polar surface area (TPSA) is 84.7 Å². The largest absolute Gasteiger partial charge is 0.379 e. The first-order chi connectivity index (χ1) is 12.5. The molecule has 0 atom stereocenters. The minimum Gasteiger partial charge on any atom is -0.379 e. The summed E-state index contributed by atoms with van der Waals surface area (Å²) in [4.78, 5) is 25.1. The molecule has 8 heteroatoms. The SMILES string of the molecule is O=C(Nc1cccc(CN2CCOCC2)c1)c1cc([N+](=O)[O-])ccc1Cl. The Balaban J connectivity index is 1.72. The Hall–Kier alpha value is -2.48. The number of nitrogens with one attached hydrogen (secondary N) is 1. The third-order valence-electron chi connectivity index (χ3n) is 4.10. The van der Waals surface area contributed by atoms with Crippen molar-refractivity contribution in [1.29, 1.82) is 0 Å². The maximum Gasteiger partial charge on any atom is 0.270 e. The third kappa shape index (κ3) is 4.57. The van der Waals surface area contributed by atoms with Crippen LogP contribution in [0.4, 0.5) is 11.4 Å². The molecule has 7 nitrogen and oxygen atoms in total. The number of halogens is 1. The second kappa shape index (κ2) is 8.27. The number of benzene rings is 2. The first-order valence-corrected chi connectivity index (χ1v) is 8.55. The molecule has 1 saturated heterocycles. The number of hydrogen-bond donors (Lipinski definition) is 1. The number of carbonyl (C=O) groups is 1. The van der Waals surface area contributed by atoms with Gasteiger partial charge in [-0.15, -0.1) is 0 Å². The van der Waals surface area contributed by atoms with Crippen molar-refractivity contribution in [3.8, 4) is 0 Å². The van der Waals surface area contributed by atoms with E-state index in [1.54, 1.807) is 6.07 Å². The Morgan fingerprint density at radius 2 is 2.00 bits per heavy atom. The smallest absolute Gasteiger partial charge is 0.270 e. The van der Waals surface area contributed by atoms with Gasteiger partial charge in [-0.3, -0.25) is 19.8 Å². The summed E-state index contributed by atoms with van der Waals surface area (Å²) >= 11 is 6.02. The number of non-ortho nitro benzene ring substituents is 1. The Kier molecular flexibility index (Phi) is 5.82. The van der Waals surface area contributed by atoms with E-state index in [1.165, 1.54) is 18.2 Å². The zero-order chi connectivity index (χ0) is 18.5. The van der Waals surface area contributed by atoms with Crippen molar-refractivity contribution < 1.29 is 14.5 Å². The summed E-state index contributed by atoms with van der Waals surface area (Å²) in [5, 5.41) is 13.8. The van der Waals surface area contributed by atoms with Crippen LogP contribution in [0, 0.1) is 10.1 Å². The van der Waals surface area contributed by atoms with E-state index in [9.17, 15) is 14.9 Å². The van der Waals surface area contributed by atoms with E-state index in [0.717, 1.165) is 38.4 Å². The number of carbonyl (C=O) groups excluding carboxylic acids is 1. The van der Waals surface area contributed by atoms with Gasteiger partial charge >= 0.3 is 0 Å². The van der Waals surface area contributed by atoms with Gasteiger partial charge < -0.3 is 10.1 Å². The zero-order valence-electron chi connectivity index (χ0n) is 14.0. The lowest BCUT2D eigenvalue weighted by atomic mass is 10.1. The van der Waals surface area contributed by atoms with Crippen molar-refractivity contribution in [2.75, 3.05) is 31.6 Å². The summed E-state index contributed by atoms with van der Waals surface area (Å²) in [7, 11) is 0. The van der Waals surface area contributed by atoms with Gasteiger partial charge in [0, 0.05) is 37.5 Å². The summed E-state index contributed by atoms with van der Waals surface area (Å²) in [6.07, 6.45) is 0. The number of ether oxygens (including phenoxy) is 1. The van der Waals surface area contributed by atoms with Crippen LogP contribution < -0.4 is 5.32 Å². The number of rotatable bonds is 5. The highest BCUT2D eigenvalue weighted by Gasteiger charge is 2.16. The van der Waals surface area contributed by atoms with Crippen LogP contribution in [0.3, 0.4) is 0 Å². The number of hydrogen-bond acceptors (Lipinski definition) is 5. The van der Waals surface area contributed by atoms with Gasteiger partial charge in [0.2, 0.25) is 0 Å². The van der Waals surface area contributed by atoms with Crippen LogP contribution in [-0.4, -0.2) is 42.0 Å². The van der Waals surface area contributed by atoms with Crippen LogP contribution in [0.1, 0.15) is 15.9 Å². The van der Waals surface area contributed by atoms with Gasteiger partial charge in [-0.2, -0.15) is 0 Å². The fourth-order valence-corrected chi connectivity index (χ4v) is 2.97. The highest BCUT2D eigenvalue weighted by Crippen LogP contribution is 2.23. The lowest BCUT2D eigenvalue weighted by Crippen LogP contribution is -2.35. The average Bonchev–Trinajstić information content (AvgIpc) is 2.63. The minimum absolute atomic E-state index is 0.0689. The number of morpholine rings is 1. The first kappa shape index (κ1) is 18.3. The highest BCUT2D eigenvalue weighted by molar-refractivity contribution is 6.34. The van der Waals surface area contributed by atoms with E-state index < -0.39 is 10.8 Å². The van der Waals surface area contributed by atoms with Gasteiger partial charge in [0.1, 0.15) is 0 Å². The molecule has 0 aliphatic carbocycles. The molecule has 0 unspecified atom stereocenters. The fraction of sp³-hybridized carbons (Fsp3) is 0.278. The van der Waals surface area contributed by atoms with Crippen molar-refractivity contribution in [2.45, 2.75) is 6.54 Å². The van der Waals surface area contributed by atoms with Gasteiger partial charge in [-0.05, 0) is 23.8 Å². The summed E-state index contributed by atoms with van der Waals surface area (Å²) in [5.74, 6) is -0.484. The molecule has 2 aromatic rings. The molecule has 1 aliphatic rings. The van der Waals surface area contributed by atoms with E-state index in [1.807, 2.05) is 18.2 Å². The lowest BCUT2D eigenvalue weighted by Gasteiger charge is -2.26. The molecule has 1 fully saturated rings. The van der Waals surface area contributed by atoms with Crippen molar-refractivity contribution in [3.63, 3.8) is 0 Å². The van der Waals surface area contributed by atoms with Crippen LogP contribution in [-0.2, 0) is 11.3 Å². The van der Waals surface area contributed by atoms with Crippen LogP contribution >= 0.6 is 11.6 Å². The zero-order valence-corrected chi connectivity index (χ0v) is 14.7. The summed E-state index contributed by atoms with van der Waals surface area (Å²) in [6.45, 7) is 3.97. The lowest BCUT2D eigenvalue weighted by molar-refractivity contribution is -0.384. The Bertz CT molecular complexity index is 822. The number of anilines is 1. The molecule has 0 radical (unpaired) electrons. The van der Waals surface area contributed by atoms with Crippen LogP contribution in [0.5, 0.6) is 0 Å². The molecule has 0 aromatic heterocycles. The van der Waals surface area contributed by atoms with E-state index in [4.69, 9.17) is 16.3 Å². The van der Waals surface area contributed by atoms with Crippen molar-refractivity contribution in [3.05, 3.63) is 68.7 Å². The van der Waals surface area contributed by atoms with E-state index >= 15 is 0 Å². The molecule has 1 aliphatic heterocycles. The normalized spacial score (nSPS) is 14.8. The second-order valence-electron chi connectivity index (χ2n) is 5.96. The van der Waals surface area contributed by atoms with Crippen molar-refractivity contribution in [1.82, 2.24) is 4.90 Å². The van der Waals surface area contributed by atoms with Gasteiger partial charge in [-0.1, -0.05) is 23.7 Å². The van der Waals surface area contributed by atoms with E-state index in [2.05, 4.69) is 10.2 Å². The molecule has 2 aromatic carbocycles. The maximum absolute atomic E-state index is 12.5. The molecule has 1 N–H and O–H groups in total. The average molecular weight is 376 g/mol. The van der Waals surface area contributed by atoms with Crippen molar-refractivity contribution >= 4 is 28.9 Å². The monoisotopic (exact) mass is 375 g/mol. The summed E-state index contributed by atoms with van der Waals surface area (Å²) < 4.78 is 5.34. The summed E-state index contributed by atoms with van der Waals surface area (Å²) in [5.41, 5.74) is 1.57. The van der Waals surface area contributed by atoms with Gasteiger partial charge in [0.05, 0.1) is 28.7 Å². The van der Waals surface area contributed by atoms with Crippen molar-refractivity contribution in [2.24, 2.45) is 0 Å². The van der Waals surface area contributed by atoms with Gasteiger partial charge in [0.25, 0.3) is 11.6 Å². The maximum atomic E-state index is 12.5. The standard InChI is InChI=1S/C18H18ClN3O4/c19-17-5-4-15(22(24)25)11-16(17)18(23)20-14-3-1-2-13(10-14)12-21-6-8-26-9-7-21/h1-5,10-11H,6-9,12H2,(H,20,23). The first-order valence-electron chi connectivity index (χ1n) is 8.17. The highest BCUT2D eigenvalue weighted by atomic mass is 35.5. The van der Waals surface area contributed by atoms with Gasteiger partial charge in [0.15, 0.2) is 0 Å². The third-order valence-corrected chi connectivity index (χ3v) is 4.43. The van der Waals surface area contributed by atoms with Crippen LogP contribution in [0.2, 0.25) is 5.02 Å². The van der Waals surface area contributed by atoms with Crippen LogP contribution in [0.25, 0.3) is 0 Å². The quantitative estimate of drug-likeness (QED) is 0.640. The number of nitro groups is 1. The number of amides is 1. The molecule has 0 spiro atoms. The molecule has 26 heavy (non-hydrogen) atoms. The molecule has 0 bridgehead atoms. The number of nitrogens with zero attached hydrogens (tertiary/aromatic N) is 2. The Labute approximate surface area is 155 Å². The molecular formula is C18H18ClN3O4. The molecule has 136 valence electrons. The van der Waals surface area contributed by atoms with E-state index in [0.29, 0.717) is 5.69 Å². The van der Waals surface area contributed by atoms with Gasteiger partial charge in [-0.25, -0.2) is 0 Å². The summed E-state index contributed by atoms with van der Waals surface area (Å²) in [6, 6.07) is 11.3. The van der Waals surface area contributed by atoms with E-state index in [-0.39, 0.29) is 16.3 Å². The molecule has 1 heterocycles. The Morgan fingerprint density at radius 1 is 1.23 bits per heavy atom. The molecule has 3 rings (SSSR count). The molecule has 0 saturated carbocycles. The minimum atomic E-state index is -0.559. The van der Waals surface area contributed by atoms with Crippen LogP contribution in [0.15, 0.2) is 42.5 Å².